The van der Waals surface area contributed by atoms with E-state index in [4.69, 9.17) is 4.52 Å². The lowest BCUT2D eigenvalue weighted by atomic mass is 10.0. The van der Waals surface area contributed by atoms with Gasteiger partial charge in [-0.25, -0.2) is 0 Å². The standard InChI is InChI=1S/C18H14BrNO2S/c1-12-17(16(21)11-23-15-5-3-2-4-6-15)18(22-20-12)13-7-9-14(19)10-8-13/h2-10H,11H2,1H3. The number of hydrogen-bond acceptors (Lipinski definition) is 4. The van der Waals surface area contributed by atoms with E-state index in [0.717, 1.165) is 14.9 Å². The Balaban J connectivity index is 1.83. The zero-order valence-electron chi connectivity index (χ0n) is 12.5. The highest BCUT2D eigenvalue weighted by Crippen LogP contribution is 2.29. The van der Waals surface area contributed by atoms with Crippen molar-refractivity contribution in [3.8, 4) is 11.3 Å². The molecule has 0 aliphatic heterocycles. The van der Waals surface area contributed by atoms with Gasteiger partial charge < -0.3 is 4.52 Å². The topological polar surface area (TPSA) is 43.1 Å². The van der Waals surface area contributed by atoms with E-state index < -0.39 is 0 Å². The predicted octanol–water partition coefficient (Wildman–Crippen LogP) is 5.39. The van der Waals surface area contributed by atoms with Crippen LogP contribution in [0.2, 0.25) is 0 Å². The Hall–Kier alpha value is -1.85. The number of benzene rings is 2. The first-order valence-corrected chi connectivity index (χ1v) is 8.86. The molecule has 0 radical (unpaired) electrons. The Morgan fingerprint density at radius 3 is 2.52 bits per heavy atom. The molecule has 3 aromatic rings. The summed E-state index contributed by atoms with van der Waals surface area (Å²) in [5.74, 6) is 0.916. The van der Waals surface area contributed by atoms with Gasteiger partial charge in [0, 0.05) is 14.9 Å². The smallest absolute Gasteiger partial charge is 0.178 e. The fourth-order valence-corrected chi connectivity index (χ4v) is 3.29. The number of Topliss-reactive ketones (excluding diaryl/α,β-unsaturated/α-hetero) is 1. The summed E-state index contributed by atoms with van der Waals surface area (Å²) in [7, 11) is 0. The highest BCUT2D eigenvalue weighted by atomic mass is 79.9. The fraction of sp³-hybridized carbons (Fsp3) is 0.111. The number of aryl methyl sites for hydroxylation is 1. The maximum absolute atomic E-state index is 12.6. The summed E-state index contributed by atoms with van der Waals surface area (Å²) in [6.07, 6.45) is 0. The van der Waals surface area contributed by atoms with E-state index in [2.05, 4.69) is 21.1 Å². The first-order chi connectivity index (χ1) is 11.1. The molecule has 0 atom stereocenters. The molecule has 5 heteroatoms. The van der Waals surface area contributed by atoms with Gasteiger partial charge in [0.05, 0.1) is 17.0 Å². The minimum absolute atomic E-state index is 0.0236. The second-order valence-electron chi connectivity index (χ2n) is 5.00. The molecule has 0 amide bonds. The van der Waals surface area contributed by atoms with Gasteiger partial charge in [-0.1, -0.05) is 39.3 Å². The van der Waals surface area contributed by atoms with Gasteiger partial charge in [0.25, 0.3) is 0 Å². The number of hydrogen-bond donors (Lipinski definition) is 0. The number of aromatic nitrogens is 1. The van der Waals surface area contributed by atoms with Crippen LogP contribution in [-0.4, -0.2) is 16.7 Å². The van der Waals surface area contributed by atoms with Crippen LogP contribution in [0, 0.1) is 6.92 Å². The first kappa shape index (κ1) is 16.0. The Kier molecular flexibility index (Phi) is 4.98. The van der Waals surface area contributed by atoms with E-state index >= 15 is 0 Å². The summed E-state index contributed by atoms with van der Waals surface area (Å²) in [6, 6.07) is 17.5. The summed E-state index contributed by atoms with van der Waals surface area (Å²) < 4.78 is 6.38. The predicted molar refractivity (Wildman–Crippen MR) is 95.9 cm³/mol. The van der Waals surface area contributed by atoms with Crippen LogP contribution in [0.3, 0.4) is 0 Å². The van der Waals surface area contributed by atoms with Gasteiger partial charge in [-0.2, -0.15) is 0 Å². The maximum Gasteiger partial charge on any atom is 0.178 e. The second-order valence-corrected chi connectivity index (χ2v) is 6.97. The van der Waals surface area contributed by atoms with Crippen LogP contribution in [0.1, 0.15) is 16.1 Å². The van der Waals surface area contributed by atoms with Crippen molar-refractivity contribution < 1.29 is 9.32 Å². The lowest BCUT2D eigenvalue weighted by Gasteiger charge is -2.03. The number of carbonyl (C=O) groups excluding carboxylic acids is 1. The van der Waals surface area contributed by atoms with Gasteiger partial charge in [-0.15, -0.1) is 11.8 Å². The molecule has 0 saturated heterocycles. The van der Waals surface area contributed by atoms with E-state index in [1.165, 1.54) is 11.8 Å². The van der Waals surface area contributed by atoms with E-state index in [9.17, 15) is 4.79 Å². The van der Waals surface area contributed by atoms with E-state index in [1.54, 1.807) is 6.92 Å². The SMILES string of the molecule is Cc1noc(-c2ccc(Br)cc2)c1C(=O)CSc1ccccc1. The molecule has 0 aliphatic carbocycles. The van der Waals surface area contributed by atoms with Gasteiger partial charge >= 0.3 is 0 Å². The molecule has 23 heavy (non-hydrogen) atoms. The monoisotopic (exact) mass is 387 g/mol. The molecule has 0 aliphatic rings. The summed E-state index contributed by atoms with van der Waals surface area (Å²) in [5.41, 5.74) is 2.04. The van der Waals surface area contributed by atoms with Crippen LogP contribution in [0.5, 0.6) is 0 Å². The molecule has 3 rings (SSSR count). The number of halogens is 1. The third kappa shape index (κ3) is 3.74. The molecule has 116 valence electrons. The molecule has 0 N–H and O–H groups in total. The fourth-order valence-electron chi connectivity index (χ4n) is 2.23. The molecule has 1 aromatic heterocycles. The highest BCUT2D eigenvalue weighted by molar-refractivity contribution is 9.10. The zero-order chi connectivity index (χ0) is 16.2. The molecule has 3 nitrogen and oxygen atoms in total. The van der Waals surface area contributed by atoms with Crippen molar-refractivity contribution in [1.29, 1.82) is 0 Å². The number of carbonyl (C=O) groups is 1. The second kappa shape index (κ2) is 7.15. The minimum atomic E-state index is 0.0236. The molecule has 0 spiro atoms. The Morgan fingerprint density at radius 2 is 1.83 bits per heavy atom. The number of nitrogens with zero attached hydrogens (tertiary/aromatic N) is 1. The average Bonchev–Trinajstić information content (AvgIpc) is 2.96. The van der Waals surface area contributed by atoms with Gasteiger partial charge in [0.1, 0.15) is 0 Å². The quantitative estimate of drug-likeness (QED) is 0.434. The van der Waals surface area contributed by atoms with Crippen molar-refractivity contribution in [1.82, 2.24) is 5.16 Å². The zero-order valence-corrected chi connectivity index (χ0v) is 14.9. The van der Waals surface area contributed by atoms with Crippen LogP contribution in [0.4, 0.5) is 0 Å². The van der Waals surface area contributed by atoms with Crippen LogP contribution in [0.15, 0.2) is 68.5 Å². The third-order valence-electron chi connectivity index (χ3n) is 3.36. The molecule has 0 fully saturated rings. The average molecular weight is 388 g/mol. The largest absolute Gasteiger partial charge is 0.355 e. The number of thioether (sulfide) groups is 1. The summed E-state index contributed by atoms with van der Waals surface area (Å²) >= 11 is 4.92. The molecular weight excluding hydrogens is 374 g/mol. The van der Waals surface area contributed by atoms with Crippen LogP contribution >= 0.6 is 27.7 Å². The first-order valence-electron chi connectivity index (χ1n) is 7.08. The van der Waals surface area contributed by atoms with E-state index in [1.807, 2.05) is 54.6 Å². The molecule has 2 aromatic carbocycles. The van der Waals surface area contributed by atoms with E-state index in [-0.39, 0.29) is 5.78 Å². The highest BCUT2D eigenvalue weighted by Gasteiger charge is 2.21. The lowest BCUT2D eigenvalue weighted by Crippen LogP contribution is -2.04. The lowest BCUT2D eigenvalue weighted by molar-refractivity contribution is 0.102. The summed E-state index contributed by atoms with van der Waals surface area (Å²) in [5, 5.41) is 3.97. The Bertz CT molecular complexity index is 813. The Morgan fingerprint density at radius 1 is 1.13 bits per heavy atom. The summed E-state index contributed by atoms with van der Waals surface area (Å²) in [6.45, 7) is 1.80. The van der Waals surface area contributed by atoms with Gasteiger partial charge in [0.15, 0.2) is 11.5 Å². The van der Waals surface area contributed by atoms with Crippen molar-refractivity contribution in [2.45, 2.75) is 11.8 Å². The molecule has 0 unspecified atom stereocenters. The normalized spacial score (nSPS) is 10.7. The van der Waals surface area contributed by atoms with Crippen molar-refractivity contribution in [3.63, 3.8) is 0 Å². The summed E-state index contributed by atoms with van der Waals surface area (Å²) in [4.78, 5) is 13.7. The molecule has 1 heterocycles. The van der Waals surface area contributed by atoms with Gasteiger partial charge in [-0.05, 0) is 43.3 Å². The molecule has 0 saturated carbocycles. The van der Waals surface area contributed by atoms with Crippen molar-refractivity contribution in [2.75, 3.05) is 5.75 Å². The number of rotatable bonds is 5. The Labute approximate surface area is 147 Å². The van der Waals surface area contributed by atoms with Crippen LogP contribution in [-0.2, 0) is 0 Å². The van der Waals surface area contributed by atoms with Crippen LogP contribution < -0.4 is 0 Å². The third-order valence-corrected chi connectivity index (χ3v) is 4.90. The van der Waals surface area contributed by atoms with Crippen LogP contribution in [0.25, 0.3) is 11.3 Å². The molecule has 0 bridgehead atoms. The maximum atomic E-state index is 12.6. The van der Waals surface area contributed by atoms with Crippen molar-refractivity contribution in [2.24, 2.45) is 0 Å². The van der Waals surface area contributed by atoms with Gasteiger partial charge in [0.2, 0.25) is 0 Å². The number of ketones is 1. The molecular formula is C18H14BrNO2S. The van der Waals surface area contributed by atoms with E-state index in [0.29, 0.717) is 22.8 Å². The van der Waals surface area contributed by atoms with Gasteiger partial charge in [-0.3, -0.25) is 4.79 Å². The van der Waals surface area contributed by atoms with Crippen molar-refractivity contribution in [3.05, 3.63) is 70.3 Å². The minimum Gasteiger partial charge on any atom is -0.355 e. The van der Waals surface area contributed by atoms with Crippen molar-refractivity contribution >= 4 is 33.5 Å².